The number of aryl methyl sites for hydroxylation is 1. The van der Waals surface area contributed by atoms with E-state index < -0.39 is 0 Å². The first-order chi connectivity index (χ1) is 6.75. The van der Waals surface area contributed by atoms with Crippen molar-refractivity contribution in [3.63, 3.8) is 0 Å². The van der Waals surface area contributed by atoms with Gasteiger partial charge in [0.15, 0.2) is 0 Å². The van der Waals surface area contributed by atoms with Crippen molar-refractivity contribution in [1.29, 1.82) is 0 Å². The second-order valence-corrected chi connectivity index (χ2v) is 3.90. The van der Waals surface area contributed by atoms with Gasteiger partial charge in [-0.1, -0.05) is 0 Å². The Hall–Kier alpha value is -1.16. The molecule has 1 fully saturated rings. The Labute approximate surface area is 82.8 Å². The smallest absolute Gasteiger partial charge is 0.253 e. The van der Waals surface area contributed by atoms with Crippen molar-refractivity contribution in [3.05, 3.63) is 27.9 Å². The van der Waals surface area contributed by atoms with Crippen LogP contribution in [0.25, 0.3) is 0 Å². The van der Waals surface area contributed by atoms with Crippen LogP contribution in [0.3, 0.4) is 0 Å². The van der Waals surface area contributed by atoms with E-state index in [1.807, 2.05) is 0 Å². The first-order valence-electron chi connectivity index (χ1n) is 5.01. The topological polar surface area (TPSA) is 57.8 Å². The lowest BCUT2D eigenvalue weighted by Gasteiger charge is -2.06. The summed E-state index contributed by atoms with van der Waals surface area (Å²) in [5.74, 6) is 1.44. The summed E-state index contributed by atoms with van der Waals surface area (Å²) in [5.41, 5.74) is 0.666. The largest absolute Gasteiger partial charge is 0.316 e. The normalized spacial score (nSPS) is 21.4. The van der Waals surface area contributed by atoms with Crippen LogP contribution in [-0.4, -0.2) is 23.1 Å². The van der Waals surface area contributed by atoms with Gasteiger partial charge in [-0.3, -0.25) is 4.79 Å². The molecule has 0 aromatic carbocycles. The van der Waals surface area contributed by atoms with Crippen molar-refractivity contribution >= 4 is 0 Å². The molecule has 2 rings (SSSR count). The number of H-pyrrole nitrogens is 1. The Balaban J connectivity index is 2.09. The predicted molar refractivity (Wildman–Crippen MR) is 54.3 cm³/mol. The number of aromatic nitrogens is 2. The molecule has 1 unspecified atom stereocenters. The molecule has 0 amide bonds. The van der Waals surface area contributed by atoms with Crippen LogP contribution < -0.4 is 10.9 Å². The second kappa shape index (κ2) is 3.92. The molecule has 0 radical (unpaired) electrons. The van der Waals surface area contributed by atoms with Crippen molar-refractivity contribution in [3.8, 4) is 0 Å². The van der Waals surface area contributed by atoms with Crippen molar-refractivity contribution in [2.75, 3.05) is 13.1 Å². The van der Waals surface area contributed by atoms with Crippen LogP contribution in [0.1, 0.15) is 17.8 Å². The van der Waals surface area contributed by atoms with E-state index in [0.717, 1.165) is 25.3 Å². The molecule has 76 valence electrons. The molecule has 0 bridgehead atoms. The highest BCUT2D eigenvalue weighted by Gasteiger charge is 2.15. The maximum atomic E-state index is 11.3. The van der Waals surface area contributed by atoms with Gasteiger partial charge in [-0.15, -0.1) is 0 Å². The highest BCUT2D eigenvalue weighted by atomic mass is 16.1. The minimum absolute atomic E-state index is 0.0130. The molecule has 0 saturated carbocycles. The third-order valence-electron chi connectivity index (χ3n) is 2.67. The van der Waals surface area contributed by atoms with Crippen LogP contribution in [0.2, 0.25) is 0 Å². The molecule has 1 aliphatic rings. The molecule has 1 aromatic heterocycles. The van der Waals surface area contributed by atoms with Crippen molar-refractivity contribution in [2.24, 2.45) is 5.92 Å². The van der Waals surface area contributed by atoms with Gasteiger partial charge >= 0.3 is 0 Å². The third-order valence-corrected chi connectivity index (χ3v) is 2.67. The number of aromatic amines is 1. The van der Waals surface area contributed by atoms with Gasteiger partial charge in [0, 0.05) is 18.2 Å². The van der Waals surface area contributed by atoms with E-state index in [0.29, 0.717) is 11.5 Å². The molecule has 1 saturated heterocycles. The lowest BCUT2D eigenvalue weighted by molar-refractivity contribution is 0.559. The number of nitrogens with zero attached hydrogens (tertiary/aromatic N) is 1. The fourth-order valence-electron chi connectivity index (χ4n) is 1.76. The Morgan fingerprint density at radius 2 is 2.50 bits per heavy atom. The summed E-state index contributed by atoms with van der Waals surface area (Å²) < 4.78 is 0. The molecule has 4 heteroatoms. The standard InChI is InChI=1S/C10H15N3O/c1-7-5-12-9(13-10(7)14)4-8-2-3-11-6-8/h5,8,11H,2-4,6H2,1H3,(H,12,13,14). The molecule has 2 N–H and O–H groups in total. The predicted octanol–water partition coefficient (Wildman–Crippen LogP) is 0.230. The van der Waals surface area contributed by atoms with E-state index in [-0.39, 0.29) is 5.56 Å². The van der Waals surface area contributed by atoms with Gasteiger partial charge in [-0.2, -0.15) is 0 Å². The average molecular weight is 193 g/mol. The number of hydrogen-bond acceptors (Lipinski definition) is 3. The molecular weight excluding hydrogens is 178 g/mol. The Kier molecular flexibility index (Phi) is 2.63. The van der Waals surface area contributed by atoms with E-state index in [1.54, 1.807) is 13.1 Å². The molecule has 2 heterocycles. The number of rotatable bonds is 2. The highest BCUT2D eigenvalue weighted by molar-refractivity contribution is 5.03. The van der Waals surface area contributed by atoms with Gasteiger partial charge < -0.3 is 10.3 Å². The van der Waals surface area contributed by atoms with Crippen LogP contribution in [-0.2, 0) is 6.42 Å². The molecule has 4 nitrogen and oxygen atoms in total. The molecule has 0 aliphatic carbocycles. The minimum Gasteiger partial charge on any atom is -0.316 e. The average Bonchev–Trinajstić information content (AvgIpc) is 2.64. The van der Waals surface area contributed by atoms with Crippen LogP contribution in [0, 0.1) is 12.8 Å². The van der Waals surface area contributed by atoms with E-state index in [9.17, 15) is 4.79 Å². The zero-order chi connectivity index (χ0) is 9.97. The molecule has 14 heavy (non-hydrogen) atoms. The molecule has 1 atom stereocenters. The van der Waals surface area contributed by atoms with Crippen molar-refractivity contribution < 1.29 is 0 Å². The summed E-state index contributed by atoms with van der Waals surface area (Å²) in [7, 11) is 0. The van der Waals surface area contributed by atoms with Crippen LogP contribution in [0.15, 0.2) is 11.0 Å². The Morgan fingerprint density at radius 1 is 1.64 bits per heavy atom. The van der Waals surface area contributed by atoms with Crippen LogP contribution in [0.4, 0.5) is 0 Å². The van der Waals surface area contributed by atoms with Crippen LogP contribution in [0.5, 0.6) is 0 Å². The Morgan fingerprint density at radius 3 is 3.14 bits per heavy atom. The summed E-state index contributed by atoms with van der Waals surface area (Å²) in [4.78, 5) is 18.3. The van der Waals surface area contributed by atoms with Crippen molar-refractivity contribution in [2.45, 2.75) is 19.8 Å². The quantitative estimate of drug-likeness (QED) is 0.707. The van der Waals surface area contributed by atoms with E-state index in [2.05, 4.69) is 15.3 Å². The zero-order valence-corrected chi connectivity index (χ0v) is 8.34. The van der Waals surface area contributed by atoms with Gasteiger partial charge in [0.1, 0.15) is 5.82 Å². The summed E-state index contributed by atoms with van der Waals surface area (Å²) in [6.45, 7) is 3.89. The molecule has 0 spiro atoms. The fraction of sp³-hybridized carbons (Fsp3) is 0.600. The summed E-state index contributed by atoms with van der Waals surface area (Å²) >= 11 is 0. The van der Waals surface area contributed by atoms with E-state index >= 15 is 0 Å². The lowest BCUT2D eigenvalue weighted by Crippen LogP contribution is -2.17. The summed E-state index contributed by atoms with van der Waals surface area (Å²) in [6, 6.07) is 0. The molecular formula is C10H15N3O. The maximum Gasteiger partial charge on any atom is 0.253 e. The van der Waals surface area contributed by atoms with Gasteiger partial charge in [0.05, 0.1) is 0 Å². The number of hydrogen-bond donors (Lipinski definition) is 2. The fourth-order valence-corrected chi connectivity index (χ4v) is 1.76. The monoisotopic (exact) mass is 193 g/mol. The molecule has 1 aliphatic heterocycles. The van der Waals surface area contributed by atoms with Crippen molar-refractivity contribution in [1.82, 2.24) is 15.3 Å². The lowest BCUT2D eigenvalue weighted by atomic mass is 10.0. The number of nitrogens with one attached hydrogen (secondary N) is 2. The van der Waals surface area contributed by atoms with Gasteiger partial charge in [-0.25, -0.2) is 4.98 Å². The summed E-state index contributed by atoms with van der Waals surface area (Å²) in [6.07, 6.45) is 3.71. The SMILES string of the molecule is Cc1cnc(CC2CCNC2)[nH]c1=O. The van der Waals surface area contributed by atoms with Crippen LogP contribution >= 0.6 is 0 Å². The maximum absolute atomic E-state index is 11.3. The minimum atomic E-state index is -0.0130. The van der Waals surface area contributed by atoms with Gasteiger partial charge in [0.25, 0.3) is 5.56 Å². The molecule has 1 aromatic rings. The summed E-state index contributed by atoms with van der Waals surface area (Å²) in [5, 5.41) is 3.30. The third kappa shape index (κ3) is 2.01. The first kappa shape index (κ1) is 9.40. The Bertz CT molecular complexity index is 366. The zero-order valence-electron chi connectivity index (χ0n) is 8.34. The second-order valence-electron chi connectivity index (χ2n) is 3.90. The van der Waals surface area contributed by atoms with E-state index in [4.69, 9.17) is 0 Å². The first-order valence-corrected chi connectivity index (χ1v) is 5.01. The highest BCUT2D eigenvalue weighted by Crippen LogP contribution is 2.11. The van der Waals surface area contributed by atoms with E-state index in [1.165, 1.54) is 6.42 Å². The van der Waals surface area contributed by atoms with Gasteiger partial charge in [0.2, 0.25) is 0 Å². The van der Waals surface area contributed by atoms with Gasteiger partial charge in [-0.05, 0) is 32.4 Å².